The number of ether oxygens (including phenoxy) is 1. The molecule has 0 heterocycles. The van der Waals surface area contributed by atoms with E-state index in [1.807, 2.05) is 0 Å². The van der Waals surface area contributed by atoms with Crippen LogP contribution in [0.5, 0.6) is 5.75 Å². The third-order valence-corrected chi connectivity index (χ3v) is 3.69. The quantitative estimate of drug-likeness (QED) is 0.891. The number of phenolic OH excluding ortho intramolecular Hbond substituents is 1. The Kier molecular flexibility index (Phi) is 4.33. The number of nitrogens with one attached hydrogen (secondary N) is 1. The Morgan fingerprint density at radius 3 is 2.81 bits per heavy atom. The second-order valence-electron chi connectivity index (χ2n) is 6.28. The summed E-state index contributed by atoms with van der Waals surface area (Å²) in [6, 6.07) is 2.44. The number of rotatable bonds is 3. The van der Waals surface area contributed by atoms with Gasteiger partial charge in [0.25, 0.3) is 0 Å². The molecule has 1 aliphatic rings. The number of amides is 1. The zero-order chi connectivity index (χ0) is 15.8. The minimum atomic E-state index is -0.546. The number of aromatic hydroxyl groups is 1. The van der Waals surface area contributed by atoms with Gasteiger partial charge in [0.2, 0.25) is 0 Å². The molecule has 1 aromatic carbocycles. The number of phenols is 1. The molecular weight excluding hydrogens is 297 g/mol. The summed E-state index contributed by atoms with van der Waals surface area (Å²) in [4.78, 5) is 11.6. The van der Waals surface area contributed by atoms with Crippen molar-refractivity contribution in [2.45, 2.75) is 38.7 Å². The molecule has 6 heteroatoms. The average molecular weight is 316 g/mol. The molecule has 2 atom stereocenters. The Morgan fingerprint density at radius 1 is 1.52 bits per heavy atom. The number of alkyl carbamates (subject to hydrolysis) is 1. The third-order valence-electron chi connectivity index (χ3n) is 3.31. The Balaban J connectivity index is 1.91. The van der Waals surface area contributed by atoms with E-state index >= 15 is 0 Å². The van der Waals surface area contributed by atoms with Crippen molar-refractivity contribution in [3.05, 3.63) is 28.5 Å². The Labute approximate surface area is 128 Å². The van der Waals surface area contributed by atoms with Crippen LogP contribution in [0.15, 0.2) is 12.1 Å². The minimum Gasteiger partial charge on any atom is -0.508 e. The summed E-state index contributed by atoms with van der Waals surface area (Å²) >= 11 is 5.90. The summed E-state index contributed by atoms with van der Waals surface area (Å²) in [6.07, 6.45) is 0.259. The van der Waals surface area contributed by atoms with Gasteiger partial charge in [-0.3, -0.25) is 0 Å². The molecule has 2 unspecified atom stereocenters. The molecule has 1 saturated carbocycles. The van der Waals surface area contributed by atoms with E-state index in [9.17, 15) is 14.3 Å². The van der Waals surface area contributed by atoms with Crippen LogP contribution in [0.25, 0.3) is 0 Å². The van der Waals surface area contributed by atoms with Crippen LogP contribution in [0.4, 0.5) is 9.18 Å². The molecule has 0 aromatic heterocycles. The van der Waals surface area contributed by atoms with E-state index in [0.717, 1.165) is 12.5 Å². The second-order valence-corrected chi connectivity index (χ2v) is 6.66. The maximum absolute atomic E-state index is 13.4. The predicted octanol–water partition coefficient (Wildman–Crippen LogP) is 3.81. The SMILES string of the molecule is CC(C)(C)OC(=O)NCC1CC1c1c(O)ccc(F)c1Cl. The van der Waals surface area contributed by atoms with Crippen molar-refractivity contribution in [1.29, 1.82) is 0 Å². The van der Waals surface area contributed by atoms with Crippen molar-refractivity contribution >= 4 is 17.7 Å². The van der Waals surface area contributed by atoms with Crippen molar-refractivity contribution in [3.8, 4) is 5.75 Å². The Hall–Kier alpha value is -1.49. The van der Waals surface area contributed by atoms with E-state index in [0.29, 0.717) is 12.1 Å². The van der Waals surface area contributed by atoms with Crippen LogP contribution in [0.3, 0.4) is 0 Å². The maximum atomic E-state index is 13.4. The van der Waals surface area contributed by atoms with E-state index < -0.39 is 17.5 Å². The standard InChI is InChI=1S/C15H19ClFNO3/c1-15(2,3)21-14(20)18-7-8-6-9(8)12-11(19)5-4-10(17)13(12)16/h4-5,8-9,19H,6-7H2,1-3H3,(H,18,20). The molecule has 21 heavy (non-hydrogen) atoms. The van der Waals surface area contributed by atoms with Crippen molar-refractivity contribution in [1.82, 2.24) is 5.32 Å². The van der Waals surface area contributed by atoms with Gasteiger partial charge in [0.05, 0.1) is 5.02 Å². The summed E-state index contributed by atoms with van der Waals surface area (Å²) in [6.45, 7) is 5.77. The molecule has 0 bridgehead atoms. The van der Waals surface area contributed by atoms with Crippen LogP contribution in [-0.4, -0.2) is 23.3 Å². The van der Waals surface area contributed by atoms with Gasteiger partial charge in [0.1, 0.15) is 17.2 Å². The molecule has 2 rings (SSSR count). The highest BCUT2D eigenvalue weighted by molar-refractivity contribution is 6.31. The highest BCUT2D eigenvalue weighted by Crippen LogP contribution is 2.52. The number of hydrogen-bond acceptors (Lipinski definition) is 3. The summed E-state index contributed by atoms with van der Waals surface area (Å²) in [5, 5.41) is 12.4. The van der Waals surface area contributed by atoms with Crippen molar-refractivity contribution in [3.63, 3.8) is 0 Å². The number of halogens is 2. The fraction of sp³-hybridized carbons (Fsp3) is 0.533. The summed E-state index contributed by atoms with van der Waals surface area (Å²) < 4.78 is 18.6. The van der Waals surface area contributed by atoms with Crippen LogP contribution in [-0.2, 0) is 4.74 Å². The summed E-state index contributed by atoms with van der Waals surface area (Å²) in [5.74, 6) is -0.466. The third kappa shape index (κ3) is 4.00. The maximum Gasteiger partial charge on any atom is 0.407 e. The van der Waals surface area contributed by atoms with E-state index in [1.54, 1.807) is 20.8 Å². The molecule has 1 fully saturated rings. The number of carbonyl (C=O) groups is 1. The van der Waals surface area contributed by atoms with Crippen LogP contribution < -0.4 is 5.32 Å². The fourth-order valence-corrected chi connectivity index (χ4v) is 2.56. The van der Waals surface area contributed by atoms with Gasteiger partial charge in [-0.05, 0) is 51.2 Å². The zero-order valence-corrected chi connectivity index (χ0v) is 13.0. The second kappa shape index (κ2) is 5.72. The van der Waals surface area contributed by atoms with Gasteiger partial charge < -0.3 is 15.2 Å². The summed E-state index contributed by atoms with van der Waals surface area (Å²) in [5.41, 5.74) is -0.121. The molecular formula is C15H19ClFNO3. The molecule has 4 nitrogen and oxygen atoms in total. The number of benzene rings is 1. The molecule has 2 N–H and O–H groups in total. The first-order valence-electron chi connectivity index (χ1n) is 6.82. The lowest BCUT2D eigenvalue weighted by molar-refractivity contribution is 0.0525. The van der Waals surface area contributed by atoms with Crippen LogP contribution in [0.2, 0.25) is 5.02 Å². The van der Waals surface area contributed by atoms with Gasteiger partial charge in [-0.1, -0.05) is 11.6 Å². The number of hydrogen-bond donors (Lipinski definition) is 2. The lowest BCUT2D eigenvalue weighted by atomic mass is 10.1. The Bertz CT molecular complexity index is 557. The first-order chi connectivity index (χ1) is 9.69. The highest BCUT2D eigenvalue weighted by Gasteiger charge is 2.41. The molecule has 0 saturated heterocycles. The van der Waals surface area contributed by atoms with E-state index in [-0.39, 0.29) is 22.6 Å². The average Bonchev–Trinajstić information content (AvgIpc) is 3.09. The lowest BCUT2D eigenvalue weighted by Crippen LogP contribution is -2.33. The molecule has 1 amide bonds. The van der Waals surface area contributed by atoms with Crippen molar-refractivity contribution in [2.24, 2.45) is 5.92 Å². The first kappa shape index (κ1) is 15.9. The fourth-order valence-electron chi connectivity index (χ4n) is 2.26. The van der Waals surface area contributed by atoms with Gasteiger partial charge in [0, 0.05) is 12.1 Å². The van der Waals surface area contributed by atoms with Crippen LogP contribution in [0.1, 0.15) is 38.7 Å². The molecule has 1 aromatic rings. The lowest BCUT2D eigenvalue weighted by Gasteiger charge is -2.19. The Morgan fingerprint density at radius 2 is 2.19 bits per heavy atom. The van der Waals surface area contributed by atoms with Gasteiger partial charge in [-0.2, -0.15) is 0 Å². The predicted molar refractivity (Wildman–Crippen MR) is 78.2 cm³/mol. The topological polar surface area (TPSA) is 58.6 Å². The van der Waals surface area contributed by atoms with E-state index in [2.05, 4.69) is 5.32 Å². The molecule has 0 radical (unpaired) electrons. The smallest absolute Gasteiger partial charge is 0.407 e. The summed E-state index contributed by atoms with van der Waals surface area (Å²) in [7, 11) is 0. The molecule has 116 valence electrons. The monoisotopic (exact) mass is 315 g/mol. The van der Waals surface area contributed by atoms with Crippen LogP contribution in [0, 0.1) is 11.7 Å². The first-order valence-corrected chi connectivity index (χ1v) is 7.20. The van der Waals surface area contributed by atoms with E-state index in [4.69, 9.17) is 16.3 Å². The van der Waals surface area contributed by atoms with E-state index in [1.165, 1.54) is 6.07 Å². The van der Waals surface area contributed by atoms with Gasteiger partial charge in [-0.15, -0.1) is 0 Å². The highest BCUT2D eigenvalue weighted by atomic mass is 35.5. The zero-order valence-electron chi connectivity index (χ0n) is 12.2. The van der Waals surface area contributed by atoms with Gasteiger partial charge in [0.15, 0.2) is 0 Å². The van der Waals surface area contributed by atoms with Crippen LogP contribution >= 0.6 is 11.6 Å². The molecule has 0 aliphatic heterocycles. The van der Waals surface area contributed by atoms with Gasteiger partial charge in [-0.25, -0.2) is 9.18 Å². The van der Waals surface area contributed by atoms with Gasteiger partial charge >= 0.3 is 6.09 Å². The number of carbonyl (C=O) groups excluding carboxylic acids is 1. The van der Waals surface area contributed by atoms with Crippen molar-refractivity contribution in [2.75, 3.05) is 6.54 Å². The largest absolute Gasteiger partial charge is 0.508 e. The molecule has 0 spiro atoms. The van der Waals surface area contributed by atoms with Crippen molar-refractivity contribution < 1.29 is 19.0 Å². The normalized spacial score (nSPS) is 21.0. The minimum absolute atomic E-state index is 0.00818. The molecule has 1 aliphatic carbocycles.